The minimum Gasteiger partial charge on any atom is -0.397 e. The van der Waals surface area contributed by atoms with Gasteiger partial charge in [0, 0.05) is 19.3 Å². The number of piperidine rings is 1. The van der Waals surface area contributed by atoms with Crippen molar-refractivity contribution in [3.63, 3.8) is 0 Å². The number of anilines is 3. The number of para-hydroxylation sites is 2. The highest BCUT2D eigenvalue weighted by molar-refractivity contribution is 6.05. The molecular weight excluding hydrogens is 326 g/mol. The van der Waals surface area contributed by atoms with Crippen molar-refractivity contribution in [2.75, 3.05) is 35.6 Å². The molecule has 138 valence electrons. The molecule has 0 spiro atoms. The van der Waals surface area contributed by atoms with E-state index in [-0.39, 0.29) is 5.91 Å². The number of amides is 1. The van der Waals surface area contributed by atoms with E-state index in [1.807, 2.05) is 24.3 Å². The Morgan fingerprint density at radius 3 is 2.58 bits per heavy atom. The van der Waals surface area contributed by atoms with E-state index >= 15 is 0 Å². The van der Waals surface area contributed by atoms with Crippen molar-refractivity contribution in [3.05, 3.63) is 48.2 Å². The van der Waals surface area contributed by atoms with Crippen LogP contribution in [-0.4, -0.2) is 30.5 Å². The second-order valence-electron chi connectivity index (χ2n) is 7.28. The lowest BCUT2D eigenvalue weighted by molar-refractivity contribution is 0.102. The van der Waals surface area contributed by atoms with Crippen LogP contribution in [0.5, 0.6) is 0 Å². The molecule has 26 heavy (non-hydrogen) atoms. The van der Waals surface area contributed by atoms with Gasteiger partial charge in [0.25, 0.3) is 5.91 Å². The number of hydrogen-bond donors (Lipinski definition) is 3. The van der Waals surface area contributed by atoms with Crippen molar-refractivity contribution >= 4 is 23.1 Å². The first-order valence-corrected chi connectivity index (χ1v) is 9.08. The number of nitrogens with one attached hydrogen (secondary N) is 1. The Morgan fingerprint density at radius 1 is 1.23 bits per heavy atom. The molecule has 1 aliphatic rings. The van der Waals surface area contributed by atoms with Gasteiger partial charge in [0.05, 0.1) is 16.9 Å². The van der Waals surface area contributed by atoms with Gasteiger partial charge in [0.15, 0.2) is 0 Å². The van der Waals surface area contributed by atoms with Crippen LogP contribution >= 0.6 is 0 Å². The number of aromatic nitrogens is 1. The number of hydrogen-bond acceptors (Lipinski definition) is 5. The van der Waals surface area contributed by atoms with E-state index in [2.05, 4.69) is 22.1 Å². The number of rotatable bonds is 5. The first-order chi connectivity index (χ1) is 12.5. The molecule has 0 aliphatic carbocycles. The summed E-state index contributed by atoms with van der Waals surface area (Å²) >= 11 is 0. The third kappa shape index (κ3) is 4.14. The summed E-state index contributed by atoms with van der Waals surface area (Å²) < 4.78 is 0. The van der Waals surface area contributed by atoms with Gasteiger partial charge in [-0.05, 0) is 55.5 Å². The third-order valence-electron chi connectivity index (χ3n) is 5.26. The van der Waals surface area contributed by atoms with E-state index in [4.69, 9.17) is 11.5 Å². The molecule has 0 bridgehead atoms. The van der Waals surface area contributed by atoms with E-state index < -0.39 is 0 Å². The summed E-state index contributed by atoms with van der Waals surface area (Å²) in [4.78, 5) is 19.1. The number of carbonyl (C=O) groups is 1. The Bertz CT molecular complexity index is 751. The summed E-state index contributed by atoms with van der Waals surface area (Å²) in [5.74, 6) is 0.701. The average Bonchev–Trinajstić information content (AvgIpc) is 2.64. The molecule has 6 heteroatoms. The van der Waals surface area contributed by atoms with Gasteiger partial charge in [-0.2, -0.15) is 0 Å². The number of nitrogens with zero attached hydrogens (tertiary/aromatic N) is 2. The number of pyridine rings is 1. The Morgan fingerprint density at radius 2 is 1.96 bits per heavy atom. The standard InChI is InChI=1S/C20H27N5O/c1-20(8-11-21)9-12-25(13-10-20)18-7-6-15(14-23-18)19(26)24-17-5-3-2-4-16(17)22/h2-7,14H,8-13,21-22H2,1H3,(H,24,26). The van der Waals surface area contributed by atoms with Gasteiger partial charge in [-0.15, -0.1) is 0 Å². The lowest BCUT2D eigenvalue weighted by atomic mass is 9.77. The lowest BCUT2D eigenvalue weighted by Crippen LogP contribution is -2.40. The lowest BCUT2D eigenvalue weighted by Gasteiger charge is -2.39. The van der Waals surface area contributed by atoms with Gasteiger partial charge in [0.2, 0.25) is 0 Å². The van der Waals surface area contributed by atoms with Crippen molar-refractivity contribution in [1.29, 1.82) is 0 Å². The molecule has 6 nitrogen and oxygen atoms in total. The fourth-order valence-corrected chi connectivity index (χ4v) is 3.39. The predicted molar refractivity (Wildman–Crippen MR) is 106 cm³/mol. The van der Waals surface area contributed by atoms with Gasteiger partial charge >= 0.3 is 0 Å². The number of nitrogens with two attached hydrogens (primary N) is 2. The Kier molecular flexibility index (Phi) is 5.42. The molecule has 1 amide bonds. The van der Waals surface area contributed by atoms with Crippen molar-refractivity contribution in [3.8, 4) is 0 Å². The smallest absolute Gasteiger partial charge is 0.257 e. The Labute approximate surface area is 154 Å². The summed E-state index contributed by atoms with van der Waals surface area (Å²) in [6.07, 6.45) is 4.91. The van der Waals surface area contributed by atoms with Gasteiger partial charge < -0.3 is 21.7 Å². The van der Waals surface area contributed by atoms with Gasteiger partial charge in [-0.3, -0.25) is 4.79 Å². The molecule has 0 unspecified atom stereocenters. The van der Waals surface area contributed by atoms with Crippen LogP contribution in [0.25, 0.3) is 0 Å². The van der Waals surface area contributed by atoms with Crippen molar-refractivity contribution < 1.29 is 4.79 Å². The van der Waals surface area contributed by atoms with Crippen LogP contribution in [0.3, 0.4) is 0 Å². The highest BCUT2D eigenvalue weighted by Crippen LogP contribution is 2.35. The molecule has 2 heterocycles. The second kappa shape index (κ2) is 7.74. The molecule has 1 aromatic heterocycles. The highest BCUT2D eigenvalue weighted by Gasteiger charge is 2.29. The van der Waals surface area contributed by atoms with Crippen LogP contribution in [0.2, 0.25) is 0 Å². The summed E-state index contributed by atoms with van der Waals surface area (Å²) in [6, 6.07) is 10.9. The van der Waals surface area contributed by atoms with Crippen LogP contribution in [0.4, 0.5) is 17.2 Å². The van der Waals surface area contributed by atoms with Crippen LogP contribution in [0.15, 0.2) is 42.6 Å². The number of carbonyl (C=O) groups excluding carboxylic acids is 1. The average molecular weight is 353 g/mol. The number of benzene rings is 1. The van der Waals surface area contributed by atoms with Crippen molar-refractivity contribution in [2.24, 2.45) is 11.1 Å². The van der Waals surface area contributed by atoms with E-state index in [0.717, 1.165) is 44.7 Å². The van der Waals surface area contributed by atoms with Crippen LogP contribution in [-0.2, 0) is 0 Å². The summed E-state index contributed by atoms with van der Waals surface area (Å²) in [7, 11) is 0. The zero-order chi connectivity index (χ0) is 18.6. The molecule has 3 rings (SSSR count). The second-order valence-corrected chi connectivity index (χ2v) is 7.28. The molecule has 1 saturated heterocycles. The maximum atomic E-state index is 12.4. The fourth-order valence-electron chi connectivity index (χ4n) is 3.39. The Hall–Kier alpha value is -2.60. The molecular formula is C20H27N5O. The van der Waals surface area contributed by atoms with Gasteiger partial charge in [0.1, 0.15) is 5.82 Å². The normalized spacial score (nSPS) is 16.3. The van der Waals surface area contributed by atoms with E-state index in [0.29, 0.717) is 22.4 Å². The fraction of sp³-hybridized carbons (Fsp3) is 0.400. The molecule has 2 aromatic rings. The molecule has 0 radical (unpaired) electrons. The Balaban J connectivity index is 1.62. The van der Waals surface area contributed by atoms with E-state index in [1.54, 1.807) is 18.3 Å². The van der Waals surface area contributed by atoms with Crippen LogP contribution in [0.1, 0.15) is 36.5 Å². The monoisotopic (exact) mass is 353 g/mol. The molecule has 1 aliphatic heterocycles. The van der Waals surface area contributed by atoms with Crippen LogP contribution in [0, 0.1) is 5.41 Å². The van der Waals surface area contributed by atoms with E-state index in [1.165, 1.54) is 0 Å². The maximum Gasteiger partial charge on any atom is 0.257 e. The minimum absolute atomic E-state index is 0.212. The van der Waals surface area contributed by atoms with Gasteiger partial charge in [-0.1, -0.05) is 19.1 Å². The maximum absolute atomic E-state index is 12.4. The summed E-state index contributed by atoms with van der Waals surface area (Å²) in [5, 5.41) is 2.82. The molecule has 0 atom stereocenters. The van der Waals surface area contributed by atoms with Crippen molar-refractivity contribution in [1.82, 2.24) is 4.98 Å². The molecule has 1 aromatic carbocycles. The van der Waals surface area contributed by atoms with Gasteiger partial charge in [-0.25, -0.2) is 4.98 Å². The quantitative estimate of drug-likeness (QED) is 0.718. The van der Waals surface area contributed by atoms with Crippen molar-refractivity contribution in [2.45, 2.75) is 26.2 Å². The molecule has 5 N–H and O–H groups in total. The summed E-state index contributed by atoms with van der Waals surface area (Å²) in [5.41, 5.74) is 13.6. The molecule has 0 saturated carbocycles. The van der Waals surface area contributed by atoms with Crippen LogP contribution < -0.4 is 21.7 Å². The third-order valence-corrected chi connectivity index (χ3v) is 5.26. The minimum atomic E-state index is -0.212. The SMILES string of the molecule is CC1(CCN)CCN(c2ccc(C(=O)Nc3ccccc3N)cn2)CC1. The highest BCUT2D eigenvalue weighted by atomic mass is 16.1. The number of nitrogen functional groups attached to an aromatic ring is 1. The largest absolute Gasteiger partial charge is 0.397 e. The first-order valence-electron chi connectivity index (χ1n) is 9.08. The predicted octanol–water partition coefficient (Wildman–Crippen LogP) is 2.87. The zero-order valence-electron chi connectivity index (χ0n) is 15.2. The first kappa shape index (κ1) is 18.2. The van der Waals surface area contributed by atoms with E-state index in [9.17, 15) is 4.79 Å². The zero-order valence-corrected chi connectivity index (χ0v) is 15.2. The molecule has 1 fully saturated rings. The summed E-state index contributed by atoms with van der Waals surface area (Å²) in [6.45, 7) is 4.99. The topological polar surface area (TPSA) is 97.3 Å².